The van der Waals surface area contributed by atoms with Gasteiger partial charge in [0, 0.05) is 5.39 Å². The van der Waals surface area contributed by atoms with E-state index in [1.807, 2.05) is 6.20 Å². The van der Waals surface area contributed by atoms with E-state index in [2.05, 4.69) is 49.2 Å². The highest BCUT2D eigenvalue weighted by Gasteiger charge is 2.16. The molecule has 2 nitrogen and oxygen atoms in total. The fourth-order valence-electron chi connectivity index (χ4n) is 1.59. The molecule has 0 bridgehead atoms. The molecule has 0 radical (unpaired) electrons. The standard InChI is InChI=1S/C11H14N2/c1-11(2,3)9-6-4-5-8-7-12-13-10(8)9/h4-7H,1-3H3,(H,12,13). The summed E-state index contributed by atoms with van der Waals surface area (Å²) < 4.78 is 0. The van der Waals surface area contributed by atoms with E-state index in [9.17, 15) is 0 Å². The topological polar surface area (TPSA) is 28.7 Å². The Morgan fingerprint density at radius 3 is 2.69 bits per heavy atom. The van der Waals surface area contributed by atoms with Gasteiger partial charge < -0.3 is 0 Å². The number of aromatic amines is 1. The minimum absolute atomic E-state index is 0.173. The molecule has 0 spiro atoms. The number of rotatable bonds is 0. The first-order valence-electron chi connectivity index (χ1n) is 4.51. The van der Waals surface area contributed by atoms with Gasteiger partial charge in [-0.15, -0.1) is 0 Å². The average molecular weight is 174 g/mol. The predicted molar refractivity (Wildman–Crippen MR) is 54.8 cm³/mol. The van der Waals surface area contributed by atoms with Crippen molar-refractivity contribution in [1.82, 2.24) is 10.2 Å². The molecular formula is C11H14N2. The van der Waals surface area contributed by atoms with Crippen molar-refractivity contribution < 1.29 is 0 Å². The van der Waals surface area contributed by atoms with Crippen molar-refractivity contribution in [2.75, 3.05) is 0 Å². The lowest BCUT2D eigenvalue weighted by Crippen LogP contribution is -2.11. The molecule has 0 amide bonds. The Kier molecular flexibility index (Phi) is 1.65. The Hall–Kier alpha value is -1.31. The van der Waals surface area contributed by atoms with Crippen molar-refractivity contribution in [2.24, 2.45) is 0 Å². The van der Waals surface area contributed by atoms with E-state index in [0.29, 0.717) is 0 Å². The average Bonchev–Trinajstić information content (AvgIpc) is 2.48. The molecule has 1 aromatic heterocycles. The molecule has 0 aliphatic rings. The normalized spacial score (nSPS) is 12.2. The van der Waals surface area contributed by atoms with Crippen LogP contribution in [0.1, 0.15) is 26.3 Å². The van der Waals surface area contributed by atoms with Crippen molar-refractivity contribution in [1.29, 1.82) is 0 Å². The molecule has 1 aromatic carbocycles. The smallest absolute Gasteiger partial charge is 0.0687 e. The molecule has 13 heavy (non-hydrogen) atoms. The summed E-state index contributed by atoms with van der Waals surface area (Å²) in [6.45, 7) is 6.63. The van der Waals surface area contributed by atoms with Gasteiger partial charge in [0.2, 0.25) is 0 Å². The molecule has 0 aliphatic carbocycles. The highest BCUT2D eigenvalue weighted by atomic mass is 15.1. The van der Waals surface area contributed by atoms with Gasteiger partial charge in [0.15, 0.2) is 0 Å². The van der Waals surface area contributed by atoms with Crippen LogP contribution in [0.25, 0.3) is 10.9 Å². The van der Waals surface area contributed by atoms with E-state index >= 15 is 0 Å². The van der Waals surface area contributed by atoms with Gasteiger partial charge in [-0.05, 0) is 11.0 Å². The van der Waals surface area contributed by atoms with Gasteiger partial charge in [-0.1, -0.05) is 39.0 Å². The van der Waals surface area contributed by atoms with Gasteiger partial charge in [-0.3, -0.25) is 5.10 Å². The van der Waals surface area contributed by atoms with Crippen LogP contribution in [-0.2, 0) is 5.41 Å². The van der Waals surface area contributed by atoms with Crippen LogP contribution < -0.4 is 0 Å². The van der Waals surface area contributed by atoms with Crippen LogP contribution in [0.15, 0.2) is 24.4 Å². The molecule has 0 saturated heterocycles. The number of nitrogens with one attached hydrogen (secondary N) is 1. The van der Waals surface area contributed by atoms with Crippen LogP contribution in [0.3, 0.4) is 0 Å². The number of fused-ring (bicyclic) bond motifs is 1. The summed E-state index contributed by atoms with van der Waals surface area (Å²) in [6, 6.07) is 6.31. The molecule has 1 heterocycles. The number of para-hydroxylation sites is 1. The first kappa shape index (κ1) is 8.30. The van der Waals surface area contributed by atoms with E-state index in [-0.39, 0.29) is 5.41 Å². The van der Waals surface area contributed by atoms with Crippen LogP contribution in [0.4, 0.5) is 0 Å². The van der Waals surface area contributed by atoms with E-state index in [0.717, 1.165) is 5.52 Å². The van der Waals surface area contributed by atoms with Crippen LogP contribution in [0.5, 0.6) is 0 Å². The van der Waals surface area contributed by atoms with Gasteiger partial charge in [-0.2, -0.15) is 5.10 Å². The third-order valence-electron chi connectivity index (χ3n) is 2.28. The van der Waals surface area contributed by atoms with Crippen LogP contribution in [0.2, 0.25) is 0 Å². The number of benzene rings is 1. The largest absolute Gasteiger partial charge is 0.278 e. The number of hydrogen-bond acceptors (Lipinski definition) is 1. The van der Waals surface area contributed by atoms with Gasteiger partial charge in [0.1, 0.15) is 0 Å². The summed E-state index contributed by atoms with van der Waals surface area (Å²) in [5.74, 6) is 0. The molecule has 0 unspecified atom stereocenters. The summed E-state index contributed by atoms with van der Waals surface area (Å²) in [5.41, 5.74) is 2.66. The third-order valence-corrected chi connectivity index (χ3v) is 2.28. The highest BCUT2D eigenvalue weighted by Crippen LogP contribution is 2.27. The Morgan fingerprint density at radius 2 is 2.00 bits per heavy atom. The minimum atomic E-state index is 0.173. The first-order chi connectivity index (χ1) is 6.09. The Morgan fingerprint density at radius 1 is 1.23 bits per heavy atom. The monoisotopic (exact) mass is 174 g/mol. The number of aromatic nitrogens is 2. The minimum Gasteiger partial charge on any atom is -0.278 e. The molecule has 2 aromatic rings. The molecule has 2 heteroatoms. The fourth-order valence-corrected chi connectivity index (χ4v) is 1.59. The summed E-state index contributed by atoms with van der Waals surface area (Å²) >= 11 is 0. The van der Waals surface area contributed by atoms with Gasteiger partial charge in [0.25, 0.3) is 0 Å². The number of hydrogen-bond donors (Lipinski definition) is 1. The Labute approximate surface area is 78.0 Å². The fraction of sp³-hybridized carbons (Fsp3) is 0.364. The Bertz CT molecular complexity index is 421. The first-order valence-corrected chi connectivity index (χ1v) is 4.51. The van der Waals surface area contributed by atoms with Crippen LogP contribution >= 0.6 is 0 Å². The van der Waals surface area contributed by atoms with E-state index < -0.39 is 0 Å². The van der Waals surface area contributed by atoms with Crippen molar-refractivity contribution >= 4 is 10.9 Å². The maximum absolute atomic E-state index is 4.05. The van der Waals surface area contributed by atoms with Crippen molar-refractivity contribution in [2.45, 2.75) is 26.2 Å². The third kappa shape index (κ3) is 1.32. The van der Waals surface area contributed by atoms with Crippen LogP contribution in [-0.4, -0.2) is 10.2 Å². The molecule has 0 saturated carbocycles. The SMILES string of the molecule is CC(C)(C)c1cccc2cn[nH]c12. The van der Waals surface area contributed by atoms with Gasteiger partial charge in [-0.25, -0.2) is 0 Å². The summed E-state index contributed by atoms with van der Waals surface area (Å²) in [6.07, 6.45) is 1.87. The highest BCUT2D eigenvalue weighted by molar-refractivity contribution is 5.82. The zero-order valence-electron chi connectivity index (χ0n) is 8.26. The lowest BCUT2D eigenvalue weighted by molar-refractivity contribution is 0.594. The number of nitrogens with zero attached hydrogens (tertiary/aromatic N) is 1. The molecule has 0 fully saturated rings. The maximum Gasteiger partial charge on any atom is 0.0687 e. The summed E-state index contributed by atoms with van der Waals surface area (Å²) in [7, 11) is 0. The maximum atomic E-state index is 4.05. The second kappa shape index (κ2) is 2.59. The summed E-state index contributed by atoms with van der Waals surface area (Å²) in [4.78, 5) is 0. The van der Waals surface area contributed by atoms with E-state index in [1.165, 1.54) is 10.9 Å². The quantitative estimate of drug-likeness (QED) is 0.653. The lowest BCUT2D eigenvalue weighted by atomic mass is 9.86. The molecule has 2 rings (SSSR count). The molecule has 68 valence electrons. The second-order valence-corrected chi connectivity index (χ2v) is 4.39. The van der Waals surface area contributed by atoms with Gasteiger partial charge >= 0.3 is 0 Å². The molecule has 0 aliphatic heterocycles. The van der Waals surface area contributed by atoms with E-state index in [1.54, 1.807) is 0 Å². The number of H-pyrrole nitrogens is 1. The van der Waals surface area contributed by atoms with Crippen LogP contribution in [0, 0.1) is 0 Å². The zero-order chi connectivity index (χ0) is 9.47. The molecule has 0 atom stereocenters. The second-order valence-electron chi connectivity index (χ2n) is 4.39. The Balaban J connectivity index is 2.75. The van der Waals surface area contributed by atoms with Crippen molar-refractivity contribution in [3.63, 3.8) is 0 Å². The van der Waals surface area contributed by atoms with Crippen molar-refractivity contribution in [3.05, 3.63) is 30.0 Å². The zero-order valence-corrected chi connectivity index (χ0v) is 8.26. The lowest BCUT2D eigenvalue weighted by Gasteiger charge is -2.19. The van der Waals surface area contributed by atoms with E-state index in [4.69, 9.17) is 0 Å². The summed E-state index contributed by atoms with van der Waals surface area (Å²) in [5, 5.41) is 8.28. The van der Waals surface area contributed by atoms with Crippen molar-refractivity contribution in [3.8, 4) is 0 Å². The molecular weight excluding hydrogens is 160 g/mol. The molecule has 1 N–H and O–H groups in total. The van der Waals surface area contributed by atoms with Gasteiger partial charge in [0.05, 0.1) is 11.7 Å². The predicted octanol–water partition coefficient (Wildman–Crippen LogP) is 2.86.